The predicted molar refractivity (Wildman–Crippen MR) is 86.4 cm³/mol. The molecule has 0 atom stereocenters. The lowest BCUT2D eigenvalue weighted by atomic mass is 10.1. The van der Waals surface area contributed by atoms with E-state index in [-0.39, 0.29) is 18.7 Å². The Balaban J connectivity index is 2.49. The third-order valence-electron chi connectivity index (χ3n) is 3.23. The SMILES string of the molecule is CCc1ccc(-n2c(O)c(/C=N/NCCO)c(=O)[nH]c2=O)cc1. The smallest absolute Gasteiger partial charge is 0.335 e. The van der Waals surface area contributed by atoms with E-state index in [9.17, 15) is 14.7 Å². The van der Waals surface area contributed by atoms with Gasteiger partial charge in [-0.3, -0.25) is 9.78 Å². The molecule has 0 spiro atoms. The van der Waals surface area contributed by atoms with Crippen LogP contribution in [0.5, 0.6) is 5.88 Å². The van der Waals surface area contributed by atoms with Crippen LogP contribution in [0.4, 0.5) is 0 Å². The molecule has 23 heavy (non-hydrogen) atoms. The van der Waals surface area contributed by atoms with Crippen LogP contribution in [0.25, 0.3) is 5.69 Å². The van der Waals surface area contributed by atoms with Gasteiger partial charge >= 0.3 is 5.69 Å². The minimum absolute atomic E-state index is 0.122. The highest BCUT2D eigenvalue weighted by molar-refractivity contribution is 5.82. The molecule has 2 aromatic rings. The second-order valence-electron chi connectivity index (χ2n) is 4.74. The summed E-state index contributed by atoms with van der Waals surface area (Å²) in [6.07, 6.45) is 1.95. The molecular weight excluding hydrogens is 300 g/mol. The Hall–Kier alpha value is -2.87. The maximum atomic E-state index is 12.0. The number of aliphatic hydroxyl groups is 1. The van der Waals surface area contributed by atoms with Gasteiger partial charge in [0.25, 0.3) is 5.56 Å². The highest BCUT2D eigenvalue weighted by atomic mass is 16.3. The van der Waals surface area contributed by atoms with Crippen LogP contribution in [0, 0.1) is 0 Å². The predicted octanol–water partition coefficient (Wildman–Crippen LogP) is -0.290. The number of hydrazone groups is 1. The minimum atomic E-state index is -0.747. The van der Waals surface area contributed by atoms with Crippen molar-refractivity contribution in [2.45, 2.75) is 13.3 Å². The molecule has 0 aliphatic rings. The first-order valence-electron chi connectivity index (χ1n) is 7.12. The van der Waals surface area contributed by atoms with Crippen LogP contribution >= 0.6 is 0 Å². The number of rotatable bonds is 6. The summed E-state index contributed by atoms with van der Waals surface area (Å²) in [6, 6.07) is 7.04. The van der Waals surface area contributed by atoms with Crippen LogP contribution in [0.15, 0.2) is 39.0 Å². The molecule has 0 saturated carbocycles. The number of nitrogens with zero attached hydrogens (tertiary/aromatic N) is 2. The van der Waals surface area contributed by atoms with Crippen molar-refractivity contribution in [1.29, 1.82) is 0 Å². The molecule has 0 saturated heterocycles. The highest BCUT2D eigenvalue weighted by Gasteiger charge is 2.14. The number of aliphatic hydroxyl groups excluding tert-OH is 1. The zero-order valence-corrected chi connectivity index (χ0v) is 12.6. The monoisotopic (exact) mass is 318 g/mol. The van der Waals surface area contributed by atoms with Gasteiger partial charge in [-0.1, -0.05) is 19.1 Å². The quantitative estimate of drug-likeness (QED) is 0.331. The molecule has 4 N–H and O–H groups in total. The lowest BCUT2D eigenvalue weighted by molar-refractivity contribution is 0.294. The molecule has 122 valence electrons. The number of aryl methyl sites for hydroxylation is 1. The van der Waals surface area contributed by atoms with Gasteiger partial charge in [-0.25, -0.2) is 9.36 Å². The van der Waals surface area contributed by atoms with Crippen LogP contribution in [0.3, 0.4) is 0 Å². The molecule has 1 aromatic carbocycles. The topological polar surface area (TPSA) is 120 Å². The maximum absolute atomic E-state index is 12.0. The van der Waals surface area contributed by atoms with Gasteiger partial charge < -0.3 is 15.6 Å². The summed E-state index contributed by atoms with van der Waals surface area (Å²) >= 11 is 0. The summed E-state index contributed by atoms with van der Waals surface area (Å²) in [5.74, 6) is -0.502. The molecule has 8 nitrogen and oxygen atoms in total. The van der Waals surface area contributed by atoms with Gasteiger partial charge in [-0.05, 0) is 24.1 Å². The maximum Gasteiger partial charge on any atom is 0.335 e. The van der Waals surface area contributed by atoms with Crippen molar-refractivity contribution in [1.82, 2.24) is 15.0 Å². The molecule has 1 aromatic heterocycles. The van der Waals surface area contributed by atoms with Crippen molar-refractivity contribution in [3.8, 4) is 11.6 Å². The van der Waals surface area contributed by atoms with E-state index < -0.39 is 17.1 Å². The average Bonchev–Trinajstić information content (AvgIpc) is 2.54. The van der Waals surface area contributed by atoms with Crippen LogP contribution in [0.1, 0.15) is 18.1 Å². The van der Waals surface area contributed by atoms with Crippen LogP contribution in [0.2, 0.25) is 0 Å². The third kappa shape index (κ3) is 3.67. The number of hydrogen-bond acceptors (Lipinski definition) is 6. The normalized spacial score (nSPS) is 11.0. The molecule has 0 radical (unpaired) electrons. The zero-order valence-electron chi connectivity index (χ0n) is 12.6. The highest BCUT2D eigenvalue weighted by Crippen LogP contribution is 2.16. The molecule has 0 aliphatic heterocycles. The lowest BCUT2D eigenvalue weighted by Crippen LogP contribution is -2.31. The Kier molecular flexibility index (Phi) is 5.32. The third-order valence-corrected chi connectivity index (χ3v) is 3.23. The van der Waals surface area contributed by atoms with Gasteiger partial charge in [-0.2, -0.15) is 5.10 Å². The van der Waals surface area contributed by atoms with Crippen molar-refractivity contribution in [2.24, 2.45) is 5.10 Å². The second kappa shape index (κ2) is 7.41. The summed E-state index contributed by atoms with van der Waals surface area (Å²) in [6.45, 7) is 2.09. The number of aromatic hydroxyl groups is 1. The van der Waals surface area contributed by atoms with Gasteiger partial charge in [0, 0.05) is 0 Å². The molecule has 8 heteroatoms. The van der Waals surface area contributed by atoms with Gasteiger partial charge in [0.1, 0.15) is 5.56 Å². The molecule has 0 fully saturated rings. The van der Waals surface area contributed by atoms with Crippen LogP contribution in [-0.4, -0.2) is 39.1 Å². The van der Waals surface area contributed by atoms with Crippen molar-refractivity contribution in [3.63, 3.8) is 0 Å². The first-order valence-corrected chi connectivity index (χ1v) is 7.12. The Morgan fingerprint density at radius 2 is 2.00 bits per heavy atom. The number of aromatic amines is 1. The van der Waals surface area contributed by atoms with E-state index in [1.165, 1.54) is 0 Å². The largest absolute Gasteiger partial charge is 0.493 e. The summed E-state index contributed by atoms with van der Waals surface area (Å²) in [5, 5.41) is 22.6. The zero-order chi connectivity index (χ0) is 16.8. The standard InChI is InChI=1S/C15H18N4O4/c1-2-10-3-5-11(6-4-10)19-14(22)12(9-17-16-7-8-20)13(21)18-15(19)23/h3-6,9,16,20,22H,2,7-8H2,1H3,(H,18,21,23)/b17-9+. The molecular formula is C15H18N4O4. The molecule has 1 heterocycles. The molecule has 0 unspecified atom stereocenters. The summed E-state index contributed by atoms with van der Waals surface area (Å²) < 4.78 is 0.994. The summed E-state index contributed by atoms with van der Waals surface area (Å²) in [4.78, 5) is 25.9. The number of aromatic nitrogens is 2. The average molecular weight is 318 g/mol. The van der Waals surface area contributed by atoms with Crippen LogP contribution in [-0.2, 0) is 6.42 Å². The summed E-state index contributed by atoms with van der Waals surface area (Å²) in [7, 11) is 0. The number of H-pyrrole nitrogens is 1. The van der Waals surface area contributed by atoms with E-state index >= 15 is 0 Å². The molecule has 0 amide bonds. The first kappa shape index (κ1) is 16.5. The minimum Gasteiger partial charge on any atom is -0.493 e. The van der Waals surface area contributed by atoms with Crippen molar-refractivity contribution < 1.29 is 10.2 Å². The number of hydrogen-bond donors (Lipinski definition) is 4. The number of benzene rings is 1. The van der Waals surface area contributed by atoms with E-state index in [0.717, 1.165) is 22.8 Å². The Bertz CT molecular complexity index is 806. The fraction of sp³-hybridized carbons (Fsp3) is 0.267. The Labute approximate surface area is 131 Å². The van der Waals surface area contributed by atoms with Gasteiger partial charge in [0.05, 0.1) is 25.1 Å². The van der Waals surface area contributed by atoms with Gasteiger partial charge in [0.15, 0.2) is 0 Å². The Morgan fingerprint density at radius 1 is 1.30 bits per heavy atom. The fourth-order valence-corrected chi connectivity index (χ4v) is 2.00. The molecule has 2 rings (SSSR count). The van der Waals surface area contributed by atoms with Crippen molar-refractivity contribution in [3.05, 3.63) is 56.2 Å². The van der Waals surface area contributed by atoms with Crippen molar-refractivity contribution in [2.75, 3.05) is 13.2 Å². The fourth-order valence-electron chi connectivity index (χ4n) is 2.00. The van der Waals surface area contributed by atoms with E-state index in [0.29, 0.717) is 5.69 Å². The Morgan fingerprint density at radius 3 is 2.61 bits per heavy atom. The molecule has 0 aliphatic carbocycles. The van der Waals surface area contributed by atoms with E-state index in [4.69, 9.17) is 5.11 Å². The number of nitrogens with one attached hydrogen (secondary N) is 2. The second-order valence-corrected chi connectivity index (χ2v) is 4.74. The van der Waals surface area contributed by atoms with E-state index in [1.807, 2.05) is 19.1 Å². The van der Waals surface area contributed by atoms with Gasteiger partial charge in [0.2, 0.25) is 5.88 Å². The molecule has 0 bridgehead atoms. The lowest BCUT2D eigenvalue weighted by Gasteiger charge is -2.10. The summed E-state index contributed by atoms with van der Waals surface area (Å²) in [5.41, 5.74) is 2.37. The van der Waals surface area contributed by atoms with E-state index in [1.54, 1.807) is 12.1 Å². The van der Waals surface area contributed by atoms with E-state index in [2.05, 4.69) is 15.5 Å². The first-order chi connectivity index (χ1) is 11.1. The van der Waals surface area contributed by atoms with Crippen LogP contribution < -0.4 is 16.7 Å². The van der Waals surface area contributed by atoms with Crippen molar-refractivity contribution >= 4 is 6.21 Å². The van der Waals surface area contributed by atoms with Gasteiger partial charge in [-0.15, -0.1) is 0 Å².